The molecule has 0 aromatic carbocycles. The third-order valence-corrected chi connectivity index (χ3v) is 4.22. The zero-order chi connectivity index (χ0) is 17.4. The lowest BCUT2D eigenvalue weighted by molar-refractivity contribution is -0.131. The number of hydrogen-bond acceptors (Lipinski definition) is 3. The van der Waals surface area contributed by atoms with Gasteiger partial charge in [-0.3, -0.25) is 14.6 Å². The van der Waals surface area contributed by atoms with Crippen molar-refractivity contribution in [2.24, 2.45) is 5.92 Å². The van der Waals surface area contributed by atoms with E-state index in [-0.39, 0.29) is 23.3 Å². The van der Waals surface area contributed by atoms with Crippen LogP contribution in [0.5, 0.6) is 0 Å². The first-order chi connectivity index (χ1) is 10.6. The summed E-state index contributed by atoms with van der Waals surface area (Å²) in [4.78, 5) is 32.7. The number of rotatable bonds is 3. The van der Waals surface area contributed by atoms with Crippen LogP contribution in [0.3, 0.4) is 0 Å². The van der Waals surface area contributed by atoms with Crippen LogP contribution in [0.25, 0.3) is 0 Å². The van der Waals surface area contributed by atoms with Gasteiger partial charge in [-0.2, -0.15) is 0 Å². The summed E-state index contributed by atoms with van der Waals surface area (Å²) in [6.07, 6.45) is 0.517. The van der Waals surface area contributed by atoms with E-state index < -0.39 is 0 Å². The van der Waals surface area contributed by atoms with Crippen LogP contribution in [0.2, 0.25) is 0 Å². The molecule has 0 aliphatic carbocycles. The van der Waals surface area contributed by atoms with E-state index in [1.54, 1.807) is 11.9 Å². The van der Waals surface area contributed by atoms with Gasteiger partial charge in [-0.15, -0.1) is 0 Å². The Bertz CT molecular complexity index is 599. The predicted octanol–water partition coefficient (Wildman–Crippen LogP) is 2.42. The van der Waals surface area contributed by atoms with E-state index in [0.717, 1.165) is 11.4 Å². The van der Waals surface area contributed by atoms with Crippen molar-refractivity contribution in [1.82, 2.24) is 14.8 Å². The Morgan fingerprint density at radius 2 is 1.87 bits per heavy atom. The molecule has 1 fully saturated rings. The Hall–Kier alpha value is -1.91. The zero-order valence-corrected chi connectivity index (χ0v) is 15.0. The van der Waals surface area contributed by atoms with Gasteiger partial charge >= 0.3 is 0 Å². The Balaban J connectivity index is 2.03. The maximum absolute atomic E-state index is 12.6. The summed E-state index contributed by atoms with van der Waals surface area (Å²) in [7, 11) is 1.80. The van der Waals surface area contributed by atoms with Crippen LogP contribution in [-0.4, -0.2) is 52.3 Å². The van der Waals surface area contributed by atoms with Crippen LogP contribution >= 0.6 is 0 Å². The van der Waals surface area contributed by atoms with E-state index in [1.165, 1.54) is 0 Å². The maximum atomic E-state index is 12.6. The van der Waals surface area contributed by atoms with Gasteiger partial charge in [-0.25, -0.2) is 0 Å². The number of carbonyl (C=O) groups excluding carboxylic acids is 2. The van der Waals surface area contributed by atoms with Crippen molar-refractivity contribution in [3.63, 3.8) is 0 Å². The summed E-state index contributed by atoms with van der Waals surface area (Å²) in [5.41, 5.74) is 2.19. The van der Waals surface area contributed by atoms with Gasteiger partial charge in [0.15, 0.2) is 0 Å². The number of likely N-dealkylation sites (tertiary alicyclic amines) is 1. The first-order valence-electron chi connectivity index (χ1n) is 8.09. The Morgan fingerprint density at radius 3 is 2.35 bits per heavy atom. The number of amides is 2. The number of aryl methyl sites for hydroxylation is 2. The third-order valence-electron chi connectivity index (χ3n) is 4.22. The third kappa shape index (κ3) is 4.09. The zero-order valence-electron chi connectivity index (χ0n) is 15.0. The van der Waals surface area contributed by atoms with Crippen molar-refractivity contribution >= 4 is 11.8 Å². The van der Waals surface area contributed by atoms with Crippen molar-refractivity contribution in [2.75, 3.05) is 20.1 Å². The number of aromatic nitrogens is 1. The molecule has 0 N–H and O–H groups in total. The number of carbonyl (C=O) groups is 2. The molecular weight excluding hydrogens is 290 g/mol. The molecule has 0 saturated carbocycles. The fourth-order valence-corrected chi connectivity index (χ4v) is 3.20. The fraction of sp³-hybridized carbons (Fsp3) is 0.611. The lowest BCUT2D eigenvalue weighted by Crippen LogP contribution is -2.43. The SMILES string of the molecule is Cc1cc(C(=O)N(C)C[C@@H]2CC(=O)N(C(C)(C)C)C2)cc(C)n1. The van der Waals surface area contributed by atoms with Gasteiger partial charge in [0.1, 0.15) is 0 Å². The van der Waals surface area contributed by atoms with Gasteiger partial charge in [0.2, 0.25) is 5.91 Å². The molecule has 2 heterocycles. The molecule has 1 saturated heterocycles. The summed E-state index contributed by atoms with van der Waals surface area (Å²) in [5, 5.41) is 0. The van der Waals surface area contributed by atoms with Crippen LogP contribution < -0.4 is 0 Å². The molecule has 1 aliphatic heterocycles. The molecule has 126 valence electrons. The normalized spacial score (nSPS) is 18.4. The molecule has 1 atom stereocenters. The van der Waals surface area contributed by atoms with Crippen LogP contribution in [-0.2, 0) is 4.79 Å². The predicted molar refractivity (Wildman–Crippen MR) is 90.2 cm³/mol. The van der Waals surface area contributed by atoms with Crippen LogP contribution in [0, 0.1) is 19.8 Å². The monoisotopic (exact) mass is 317 g/mol. The van der Waals surface area contributed by atoms with Gasteiger partial charge in [-0.1, -0.05) is 0 Å². The molecular formula is C18H27N3O2. The maximum Gasteiger partial charge on any atom is 0.253 e. The largest absolute Gasteiger partial charge is 0.341 e. The second-order valence-electron chi connectivity index (χ2n) is 7.57. The number of hydrogen-bond donors (Lipinski definition) is 0. The summed E-state index contributed by atoms with van der Waals surface area (Å²) in [5.74, 6) is 0.360. The standard InChI is InChI=1S/C18H27N3O2/c1-12-7-15(8-13(2)19-12)17(23)20(6)10-14-9-16(22)21(11-14)18(3,4)5/h7-8,14H,9-11H2,1-6H3/t14-/m0/s1. The highest BCUT2D eigenvalue weighted by Gasteiger charge is 2.36. The van der Waals surface area contributed by atoms with Crippen molar-refractivity contribution in [1.29, 1.82) is 0 Å². The van der Waals surface area contributed by atoms with E-state index in [2.05, 4.69) is 4.98 Å². The van der Waals surface area contributed by atoms with Gasteiger partial charge in [0, 0.05) is 55.0 Å². The topological polar surface area (TPSA) is 53.5 Å². The summed E-state index contributed by atoms with van der Waals surface area (Å²) in [6, 6.07) is 3.63. The minimum absolute atomic E-state index is 0.0137. The van der Waals surface area contributed by atoms with E-state index in [1.807, 2.05) is 51.7 Å². The Kier molecular flexibility index (Phi) is 4.78. The summed E-state index contributed by atoms with van der Waals surface area (Å²) in [6.45, 7) is 11.2. The minimum atomic E-state index is -0.159. The van der Waals surface area contributed by atoms with Gasteiger partial charge < -0.3 is 9.80 Å². The van der Waals surface area contributed by atoms with Crippen LogP contribution in [0.15, 0.2) is 12.1 Å². The van der Waals surface area contributed by atoms with E-state index in [9.17, 15) is 9.59 Å². The molecule has 2 amide bonds. The minimum Gasteiger partial charge on any atom is -0.341 e. The summed E-state index contributed by atoms with van der Waals surface area (Å²) < 4.78 is 0. The molecule has 5 nitrogen and oxygen atoms in total. The van der Waals surface area contributed by atoms with E-state index in [4.69, 9.17) is 0 Å². The first kappa shape index (κ1) is 17.4. The van der Waals surface area contributed by atoms with Crippen LogP contribution in [0.4, 0.5) is 0 Å². The quantitative estimate of drug-likeness (QED) is 0.860. The molecule has 23 heavy (non-hydrogen) atoms. The molecule has 5 heteroatoms. The van der Waals surface area contributed by atoms with Gasteiger partial charge in [0.05, 0.1) is 0 Å². The second-order valence-corrected chi connectivity index (χ2v) is 7.57. The molecule has 0 bridgehead atoms. The molecule has 0 radical (unpaired) electrons. The Labute approximate surface area is 138 Å². The smallest absolute Gasteiger partial charge is 0.253 e. The van der Waals surface area contributed by atoms with Crippen molar-refractivity contribution < 1.29 is 9.59 Å². The van der Waals surface area contributed by atoms with Gasteiger partial charge in [-0.05, 0) is 46.8 Å². The fourth-order valence-electron chi connectivity index (χ4n) is 3.20. The van der Waals surface area contributed by atoms with Crippen molar-refractivity contribution in [3.8, 4) is 0 Å². The first-order valence-corrected chi connectivity index (χ1v) is 8.09. The molecule has 1 aromatic rings. The molecule has 1 aliphatic rings. The molecule has 0 spiro atoms. The highest BCUT2D eigenvalue weighted by molar-refractivity contribution is 5.94. The lowest BCUT2D eigenvalue weighted by Gasteiger charge is -2.32. The average Bonchev–Trinajstić information content (AvgIpc) is 2.77. The lowest BCUT2D eigenvalue weighted by atomic mass is 10.1. The van der Waals surface area contributed by atoms with Gasteiger partial charge in [0.25, 0.3) is 5.91 Å². The highest BCUT2D eigenvalue weighted by Crippen LogP contribution is 2.26. The Morgan fingerprint density at radius 1 is 1.30 bits per heavy atom. The number of pyridine rings is 1. The highest BCUT2D eigenvalue weighted by atomic mass is 16.2. The second kappa shape index (κ2) is 6.30. The average molecular weight is 317 g/mol. The molecule has 2 rings (SSSR count). The van der Waals surface area contributed by atoms with E-state index in [0.29, 0.717) is 25.1 Å². The van der Waals surface area contributed by atoms with Crippen LogP contribution in [0.1, 0.15) is 48.9 Å². The van der Waals surface area contributed by atoms with E-state index >= 15 is 0 Å². The molecule has 1 aromatic heterocycles. The summed E-state index contributed by atoms with van der Waals surface area (Å²) >= 11 is 0. The van der Waals surface area contributed by atoms with Crippen molar-refractivity contribution in [3.05, 3.63) is 29.1 Å². The number of nitrogens with zero attached hydrogens (tertiary/aromatic N) is 3. The van der Waals surface area contributed by atoms with Crippen molar-refractivity contribution in [2.45, 2.75) is 46.6 Å². The molecule has 0 unspecified atom stereocenters.